The first-order valence-corrected chi connectivity index (χ1v) is 15.2. The van der Waals surface area contributed by atoms with E-state index in [-0.39, 0.29) is 37.2 Å². The van der Waals surface area contributed by atoms with Gasteiger partial charge in [-0.25, -0.2) is 4.68 Å². The number of nitrogens with zero attached hydrogens (tertiary/aromatic N) is 6. The molecule has 13 heteroatoms. The number of carbonyl (C=O) groups is 2. The van der Waals surface area contributed by atoms with E-state index in [4.69, 9.17) is 16.3 Å². The van der Waals surface area contributed by atoms with Crippen LogP contribution in [0.1, 0.15) is 32.7 Å². The minimum Gasteiger partial charge on any atom is -0.489 e. The molecule has 216 valence electrons. The summed E-state index contributed by atoms with van der Waals surface area (Å²) in [6, 6.07) is 12.5. The molecule has 2 aromatic carbocycles. The van der Waals surface area contributed by atoms with Gasteiger partial charge >= 0.3 is 0 Å². The van der Waals surface area contributed by atoms with Crippen LogP contribution in [0.3, 0.4) is 0 Å². The molecular weight excluding hydrogens is 568 g/mol. The fourth-order valence-electron chi connectivity index (χ4n) is 5.80. The van der Waals surface area contributed by atoms with Crippen molar-refractivity contribution in [3.05, 3.63) is 75.6 Å². The Morgan fingerprint density at radius 1 is 1.05 bits per heavy atom. The number of ether oxygens (including phenoxy) is 1. The Morgan fingerprint density at radius 2 is 1.78 bits per heavy atom. The monoisotopic (exact) mass is 598 g/mol. The van der Waals surface area contributed by atoms with E-state index in [0.29, 0.717) is 48.1 Å². The molecule has 0 radical (unpaired) electrons. The van der Waals surface area contributed by atoms with Crippen molar-refractivity contribution in [1.82, 2.24) is 23.3 Å². The van der Waals surface area contributed by atoms with Crippen LogP contribution in [-0.4, -0.2) is 90.4 Å². The summed E-state index contributed by atoms with van der Waals surface area (Å²) in [5.41, 5.74) is 4.28. The second kappa shape index (κ2) is 10.4. The van der Waals surface area contributed by atoms with Crippen LogP contribution < -0.4 is 9.64 Å². The predicted octanol–water partition coefficient (Wildman–Crippen LogP) is 2.17. The van der Waals surface area contributed by atoms with Gasteiger partial charge in [0.05, 0.1) is 12.2 Å². The van der Waals surface area contributed by atoms with Crippen molar-refractivity contribution in [2.45, 2.75) is 32.0 Å². The number of hydrogen-bond acceptors (Lipinski definition) is 6. The average Bonchev–Trinajstić information content (AvgIpc) is 3.21. The maximum absolute atomic E-state index is 13.9. The summed E-state index contributed by atoms with van der Waals surface area (Å²) in [6.07, 6.45) is 0.904. The summed E-state index contributed by atoms with van der Waals surface area (Å²) in [5, 5.41) is 4.98. The Bertz CT molecular complexity index is 1640. The zero-order chi connectivity index (χ0) is 29.1. The predicted molar refractivity (Wildman–Crippen MR) is 153 cm³/mol. The Morgan fingerprint density at radius 3 is 2.51 bits per heavy atom. The van der Waals surface area contributed by atoms with Gasteiger partial charge in [0.2, 0.25) is 0 Å². The molecule has 0 aliphatic carbocycles. The number of benzene rings is 2. The van der Waals surface area contributed by atoms with Gasteiger partial charge in [0.1, 0.15) is 23.6 Å². The second-order valence-corrected chi connectivity index (χ2v) is 13.2. The van der Waals surface area contributed by atoms with Crippen LogP contribution >= 0.6 is 11.6 Å². The van der Waals surface area contributed by atoms with Crippen molar-refractivity contribution in [3.63, 3.8) is 0 Å². The average molecular weight is 599 g/mol. The first kappa shape index (κ1) is 27.7. The quantitative estimate of drug-likeness (QED) is 0.445. The Kier molecular flexibility index (Phi) is 7.05. The number of anilines is 1. The first-order valence-electron chi connectivity index (χ1n) is 13.4. The highest BCUT2D eigenvalue weighted by Gasteiger charge is 2.42. The molecule has 0 saturated heterocycles. The van der Waals surface area contributed by atoms with Crippen LogP contribution in [0.2, 0.25) is 5.15 Å². The number of rotatable bonds is 5. The van der Waals surface area contributed by atoms with E-state index in [1.165, 1.54) is 27.6 Å². The fraction of sp³-hybridized carbons (Fsp3) is 0.393. The smallest absolute Gasteiger partial charge is 0.281 e. The molecule has 2 amide bonds. The molecule has 0 bridgehead atoms. The van der Waals surface area contributed by atoms with Crippen LogP contribution in [0.4, 0.5) is 5.69 Å². The van der Waals surface area contributed by atoms with Crippen LogP contribution in [0, 0.1) is 0 Å². The molecule has 0 fully saturated rings. The maximum atomic E-state index is 13.9. The van der Waals surface area contributed by atoms with Crippen molar-refractivity contribution in [1.29, 1.82) is 0 Å². The highest BCUT2D eigenvalue weighted by molar-refractivity contribution is 7.86. The van der Waals surface area contributed by atoms with E-state index in [2.05, 4.69) is 5.10 Å². The van der Waals surface area contributed by atoms with Crippen molar-refractivity contribution >= 4 is 39.3 Å². The third-order valence-corrected chi connectivity index (χ3v) is 10.3. The van der Waals surface area contributed by atoms with Crippen LogP contribution in [0.25, 0.3) is 0 Å². The SMILES string of the molecule is CN1C(=O)[C@@H](N2CCc3c(nn(Cc4ccccc4)c3Cl)C2=O)COc2ccc3c(c21)CCN(S(=O)(=O)N(C)C)C3. The van der Waals surface area contributed by atoms with Gasteiger partial charge in [0, 0.05) is 46.3 Å². The zero-order valence-corrected chi connectivity index (χ0v) is 24.7. The van der Waals surface area contributed by atoms with Crippen molar-refractivity contribution in [3.8, 4) is 5.75 Å². The Labute approximate surface area is 244 Å². The summed E-state index contributed by atoms with van der Waals surface area (Å²) >= 11 is 6.64. The number of likely N-dealkylation sites (N-methyl/N-ethyl adjacent to an activating group) is 1. The van der Waals surface area contributed by atoms with E-state index >= 15 is 0 Å². The molecule has 0 saturated carbocycles. The molecule has 4 heterocycles. The molecule has 1 aromatic heterocycles. The first-order chi connectivity index (χ1) is 19.6. The number of fused-ring (bicyclic) bond motifs is 4. The molecule has 3 aliphatic rings. The molecule has 0 unspecified atom stereocenters. The summed E-state index contributed by atoms with van der Waals surface area (Å²) in [6.45, 7) is 1.23. The Hall–Kier alpha value is -3.45. The molecule has 3 aliphatic heterocycles. The van der Waals surface area contributed by atoms with Crippen LogP contribution in [0.15, 0.2) is 42.5 Å². The normalized spacial score (nSPS) is 19.5. The third-order valence-electron chi connectivity index (χ3n) is 8.04. The molecule has 0 N–H and O–H groups in total. The van der Waals surface area contributed by atoms with Gasteiger partial charge in [-0.3, -0.25) is 9.59 Å². The fourth-order valence-corrected chi connectivity index (χ4v) is 7.17. The van der Waals surface area contributed by atoms with E-state index < -0.39 is 16.3 Å². The number of amides is 2. The molecular formula is C28H31ClN6O5S. The summed E-state index contributed by atoms with van der Waals surface area (Å²) in [5.74, 6) is -0.0914. The van der Waals surface area contributed by atoms with Crippen molar-refractivity contribution in [2.24, 2.45) is 0 Å². The molecule has 0 spiro atoms. The lowest BCUT2D eigenvalue weighted by atomic mass is 9.97. The standard InChI is InChI=1S/C28H31ClN6O5S/c1-31(2)41(38,39)33-13-11-20-19(16-33)9-10-23-25(20)32(3)27(36)22(17-40-23)34-14-12-21-24(28(34)37)30-35(26(21)29)15-18-7-5-4-6-8-18/h4-10,22H,11-17H2,1-3H3/t22-/m0/s1. The second-order valence-electron chi connectivity index (χ2n) is 10.7. The zero-order valence-electron chi connectivity index (χ0n) is 23.1. The lowest BCUT2D eigenvalue weighted by Gasteiger charge is -2.34. The van der Waals surface area contributed by atoms with Crippen LogP contribution in [0.5, 0.6) is 5.75 Å². The van der Waals surface area contributed by atoms with E-state index in [0.717, 1.165) is 16.7 Å². The topological polar surface area (TPSA) is 108 Å². The van der Waals surface area contributed by atoms with Gasteiger partial charge in [0.15, 0.2) is 5.69 Å². The van der Waals surface area contributed by atoms with Crippen molar-refractivity contribution in [2.75, 3.05) is 45.7 Å². The van der Waals surface area contributed by atoms with Gasteiger partial charge in [-0.2, -0.15) is 22.1 Å². The van der Waals surface area contributed by atoms with Gasteiger partial charge in [-0.05, 0) is 35.6 Å². The highest BCUT2D eigenvalue weighted by Crippen LogP contribution is 2.40. The number of carbonyl (C=O) groups excluding carboxylic acids is 2. The lowest BCUT2D eigenvalue weighted by molar-refractivity contribution is -0.123. The van der Waals surface area contributed by atoms with Crippen LogP contribution in [-0.2, 0) is 40.9 Å². The number of hydrogen-bond donors (Lipinski definition) is 0. The van der Waals surface area contributed by atoms with Gasteiger partial charge < -0.3 is 14.5 Å². The molecule has 3 aromatic rings. The number of halogens is 1. The van der Waals surface area contributed by atoms with E-state index in [1.54, 1.807) is 22.7 Å². The molecule has 41 heavy (non-hydrogen) atoms. The molecule has 6 rings (SSSR count). The maximum Gasteiger partial charge on any atom is 0.281 e. The summed E-state index contributed by atoms with van der Waals surface area (Å²) in [7, 11) is 1.12. The minimum absolute atomic E-state index is 0.00434. The minimum atomic E-state index is -3.57. The molecule has 1 atom stereocenters. The van der Waals surface area contributed by atoms with E-state index in [9.17, 15) is 18.0 Å². The van der Waals surface area contributed by atoms with E-state index in [1.807, 2.05) is 36.4 Å². The number of aromatic nitrogens is 2. The van der Waals surface area contributed by atoms with Crippen molar-refractivity contribution < 1.29 is 22.7 Å². The highest BCUT2D eigenvalue weighted by atomic mass is 35.5. The Balaban J connectivity index is 1.26. The summed E-state index contributed by atoms with van der Waals surface area (Å²) < 4.78 is 35.8. The van der Waals surface area contributed by atoms with Gasteiger partial charge in [-0.1, -0.05) is 48.0 Å². The van der Waals surface area contributed by atoms with Gasteiger partial charge in [0.25, 0.3) is 22.0 Å². The molecule has 11 nitrogen and oxygen atoms in total. The lowest BCUT2D eigenvalue weighted by Crippen LogP contribution is -2.54. The van der Waals surface area contributed by atoms with Gasteiger partial charge in [-0.15, -0.1) is 0 Å². The summed E-state index contributed by atoms with van der Waals surface area (Å²) in [4.78, 5) is 30.6. The largest absolute Gasteiger partial charge is 0.489 e. The third kappa shape index (κ3) is 4.68.